The largest absolute Gasteiger partial charge is 0.348 e. The average Bonchev–Trinajstić information content (AvgIpc) is 2.95. The van der Waals surface area contributed by atoms with Gasteiger partial charge in [-0.25, -0.2) is 0 Å². The van der Waals surface area contributed by atoms with E-state index in [1.54, 1.807) is 0 Å². The summed E-state index contributed by atoms with van der Waals surface area (Å²) in [5.74, 6) is -0.0425. The molecule has 6 nitrogen and oxygen atoms in total. The van der Waals surface area contributed by atoms with Crippen molar-refractivity contribution in [2.75, 3.05) is 13.2 Å². The summed E-state index contributed by atoms with van der Waals surface area (Å²) in [5.41, 5.74) is 0. The second kappa shape index (κ2) is 9.79. The van der Waals surface area contributed by atoms with Gasteiger partial charge in [-0.1, -0.05) is 33.6 Å². The quantitative estimate of drug-likeness (QED) is 0.677. The summed E-state index contributed by atoms with van der Waals surface area (Å²) < 4.78 is 11.1. The van der Waals surface area contributed by atoms with Crippen LogP contribution in [0, 0.1) is 5.92 Å². The smallest absolute Gasteiger partial charge is 0.242 e. The fourth-order valence-corrected chi connectivity index (χ4v) is 2.54. The van der Waals surface area contributed by atoms with Gasteiger partial charge in [0.25, 0.3) is 0 Å². The third-order valence-electron chi connectivity index (χ3n) is 3.57. The number of rotatable bonds is 9. The van der Waals surface area contributed by atoms with Gasteiger partial charge in [0, 0.05) is 6.92 Å². The standard InChI is InChI=1S/C16H30N2O4/c1-5-6-7-13(16-21-8-9-22-16)18-15(20)14(10-11(2)3)17-12(4)19/h11,13-14,16H,5-10H2,1-4H3,(H,17,19)(H,18,20)/t13?,14-/m0/s1. The highest BCUT2D eigenvalue weighted by Crippen LogP contribution is 2.15. The number of amides is 2. The van der Waals surface area contributed by atoms with Crippen molar-refractivity contribution < 1.29 is 19.1 Å². The first-order valence-corrected chi connectivity index (χ1v) is 8.24. The first-order valence-electron chi connectivity index (χ1n) is 8.24. The molecule has 2 atom stereocenters. The summed E-state index contributed by atoms with van der Waals surface area (Å²) in [7, 11) is 0. The molecule has 0 radical (unpaired) electrons. The SMILES string of the molecule is CCCCC(NC(=O)[C@H](CC(C)C)NC(C)=O)C1OCCO1. The number of ether oxygens (including phenoxy) is 2. The molecule has 1 aliphatic rings. The van der Waals surface area contributed by atoms with Crippen LogP contribution in [0.5, 0.6) is 0 Å². The lowest BCUT2D eigenvalue weighted by Gasteiger charge is -2.27. The number of hydrogen-bond donors (Lipinski definition) is 2. The molecule has 1 saturated heterocycles. The Hall–Kier alpha value is -1.14. The van der Waals surface area contributed by atoms with Gasteiger partial charge in [-0.05, 0) is 18.8 Å². The summed E-state index contributed by atoms with van der Waals surface area (Å²) in [6.07, 6.45) is 3.07. The van der Waals surface area contributed by atoms with Gasteiger partial charge in [-0.15, -0.1) is 0 Å². The zero-order chi connectivity index (χ0) is 16.5. The normalized spacial score (nSPS) is 18.2. The van der Waals surface area contributed by atoms with Crippen LogP contribution in [0.25, 0.3) is 0 Å². The summed E-state index contributed by atoms with van der Waals surface area (Å²) in [6, 6.07) is -0.679. The Morgan fingerprint density at radius 1 is 1.18 bits per heavy atom. The minimum absolute atomic E-state index is 0.163. The van der Waals surface area contributed by atoms with Crippen LogP contribution in [0.4, 0.5) is 0 Å². The van der Waals surface area contributed by atoms with Crippen LogP contribution in [-0.2, 0) is 19.1 Å². The summed E-state index contributed by atoms with van der Waals surface area (Å²) in [5, 5.41) is 5.73. The van der Waals surface area contributed by atoms with Crippen LogP contribution in [-0.4, -0.2) is 43.4 Å². The number of carbonyl (C=O) groups excluding carboxylic acids is 2. The maximum atomic E-state index is 12.5. The van der Waals surface area contributed by atoms with Gasteiger partial charge in [0.05, 0.1) is 19.3 Å². The summed E-state index contributed by atoms with van der Waals surface area (Å²) >= 11 is 0. The molecule has 0 aromatic rings. The van der Waals surface area contributed by atoms with Crippen molar-refractivity contribution in [2.24, 2.45) is 5.92 Å². The van der Waals surface area contributed by atoms with Gasteiger partial charge >= 0.3 is 0 Å². The van der Waals surface area contributed by atoms with E-state index >= 15 is 0 Å². The van der Waals surface area contributed by atoms with Gasteiger partial charge in [-0.3, -0.25) is 9.59 Å². The van der Waals surface area contributed by atoms with Gasteiger partial charge in [0.15, 0.2) is 6.29 Å². The van der Waals surface area contributed by atoms with Crippen LogP contribution in [0.15, 0.2) is 0 Å². The molecule has 1 fully saturated rings. The fraction of sp³-hybridized carbons (Fsp3) is 0.875. The van der Waals surface area contributed by atoms with E-state index in [0.29, 0.717) is 25.6 Å². The first-order chi connectivity index (χ1) is 10.4. The Morgan fingerprint density at radius 2 is 1.82 bits per heavy atom. The van der Waals surface area contributed by atoms with Crippen molar-refractivity contribution in [3.63, 3.8) is 0 Å². The summed E-state index contributed by atoms with van der Waals surface area (Å²) in [4.78, 5) is 23.8. The highest BCUT2D eigenvalue weighted by molar-refractivity contribution is 5.87. The van der Waals surface area contributed by atoms with Crippen molar-refractivity contribution in [3.8, 4) is 0 Å². The third kappa shape index (κ3) is 6.75. The fourth-order valence-electron chi connectivity index (χ4n) is 2.54. The topological polar surface area (TPSA) is 76.7 Å². The molecule has 6 heteroatoms. The molecule has 128 valence electrons. The van der Waals surface area contributed by atoms with E-state index in [-0.39, 0.29) is 24.1 Å². The minimum Gasteiger partial charge on any atom is -0.348 e. The molecule has 1 rings (SSSR count). The van der Waals surface area contributed by atoms with Crippen LogP contribution in [0.2, 0.25) is 0 Å². The molecule has 0 bridgehead atoms. The van der Waals surface area contributed by atoms with Gasteiger partial charge in [0.2, 0.25) is 11.8 Å². The zero-order valence-electron chi connectivity index (χ0n) is 14.2. The molecule has 1 heterocycles. The van der Waals surface area contributed by atoms with E-state index in [1.807, 2.05) is 13.8 Å². The number of unbranched alkanes of at least 4 members (excludes halogenated alkanes) is 1. The number of hydrogen-bond acceptors (Lipinski definition) is 4. The van der Waals surface area contributed by atoms with E-state index in [9.17, 15) is 9.59 Å². The molecular weight excluding hydrogens is 284 g/mol. The molecule has 2 N–H and O–H groups in total. The molecule has 0 aromatic heterocycles. The second-order valence-corrected chi connectivity index (χ2v) is 6.25. The van der Waals surface area contributed by atoms with Gasteiger partial charge in [0.1, 0.15) is 6.04 Å². The van der Waals surface area contributed by atoms with Crippen molar-refractivity contribution in [1.29, 1.82) is 0 Å². The molecular formula is C16H30N2O4. The second-order valence-electron chi connectivity index (χ2n) is 6.25. The van der Waals surface area contributed by atoms with E-state index in [4.69, 9.17) is 9.47 Å². The van der Waals surface area contributed by atoms with Crippen LogP contribution in [0.1, 0.15) is 53.4 Å². The molecule has 2 amide bonds. The number of carbonyl (C=O) groups is 2. The Balaban J connectivity index is 2.65. The van der Waals surface area contributed by atoms with E-state index in [0.717, 1.165) is 19.3 Å². The molecule has 1 unspecified atom stereocenters. The van der Waals surface area contributed by atoms with E-state index in [2.05, 4.69) is 17.6 Å². The molecule has 1 aliphatic heterocycles. The maximum Gasteiger partial charge on any atom is 0.242 e. The first kappa shape index (κ1) is 18.9. The molecule has 0 aromatic carbocycles. The lowest BCUT2D eigenvalue weighted by Crippen LogP contribution is -2.52. The highest BCUT2D eigenvalue weighted by Gasteiger charge is 2.30. The zero-order valence-corrected chi connectivity index (χ0v) is 14.2. The van der Waals surface area contributed by atoms with Crippen molar-refractivity contribution in [2.45, 2.75) is 71.8 Å². The van der Waals surface area contributed by atoms with Crippen molar-refractivity contribution in [3.05, 3.63) is 0 Å². The van der Waals surface area contributed by atoms with Crippen molar-refractivity contribution >= 4 is 11.8 Å². The van der Waals surface area contributed by atoms with Crippen molar-refractivity contribution in [1.82, 2.24) is 10.6 Å². The minimum atomic E-state index is -0.511. The Kier molecular flexibility index (Phi) is 8.42. The molecule has 0 spiro atoms. The van der Waals surface area contributed by atoms with E-state index < -0.39 is 6.04 Å². The van der Waals surface area contributed by atoms with Gasteiger partial charge in [-0.2, -0.15) is 0 Å². The lowest BCUT2D eigenvalue weighted by atomic mass is 10.0. The Bertz CT molecular complexity index is 354. The predicted molar refractivity (Wildman–Crippen MR) is 84.2 cm³/mol. The van der Waals surface area contributed by atoms with Crippen LogP contribution >= 0.6 is 0 Å². The maximum absolute atomic E-state index is 12.5. The Morgan fingerprint density at radius 3 is 2.32 bits per heavy atom. The van der Waals surface area contributed by atoms with Crippen LogP contribution in [0.3, 0.4) is 0 Å². The third-order valence-corrected chi connectivity index (χ3v) is 3.57. The molecule has 0 aliphatic carbocycles. The average molecular weight is 314 g/mol. The Labute approximate surface area is 133 Å². The van der Waals surface area contributed by atoms with Crippen LogP contribution < -0.4 is 10.6 Å². The number of nitrogens with one attached hydrogen (secondary N) is 2. The highest BCUT2D eigenvalue weighted by atomic mass is 16.7. The molecule has 22 heavy (non-hydrogen) atoms. The monoisotopic (exact) mass is 314 g/mol. The molecule has 0 saturated carbocycles. The van der Waals surface area contributed by atoms with E-state index in [1.165, 1.54) is 6.92 Å². The summed E-state index contributed by atoms with van der Waals surface area (Å²) in [6.45, 7) is 8.71. The lowest BCUT2D eigenvalue weighted by molar-refractivity contribution is -0.132. The predicted octanol–water partition coefficient (Wildman–Crippen LogP) is 1.59. The van der Waals surface area contributed by atoms with Gasteiger partial charge < -0.3 is 20.1 Å².